The van der Waals surface area contributed by atoms with Gasteiger partial charge in [0.15, 0.2) is 0 Å². The average Bonchev–Trinajstić information content (AvgIpc) is 1.85. The minimum Gasteiger partial charge on any atom is -0.308 e. The molecule has 0 heterocycles. The van der Waals surface area contributed by atoms with Crippen LogP contribution in [0.3, 0.4) is 0 Å². The molecule has 1 nitrogen and oxygen atoms in total. The first-order valence-corrected chi connectivity index (χ1v) is 3.73. The molecule has 0 saturated carbocycles. The summed E-state index contributed by atoms with van der Waals surface area (Å²) in [5, 5.41) is 7.17. The van der Waals surface area contributed by atoms with Gasteiger partial charge in [-0.25, -0.2) is 0 Å². The van der Waals surface area contributed by atoms with E-state index >= 15 is 0 Å². The Labute approximate surface area is 67.6 Å². The second-order valence-electron chi connectivity index (χ2n) is 2.96. The van der Waals surface area contributed by atoms with E-state index in [0.29, 0.717) is 0 Å². The first-order chi connectivity index (χ1) is 5.15. The second-order valence-corrected chi connectivity index (χ2v) is 2.96. The highest BCUT2D eigenvalue weighted by Gasteiger charge is 1.98. The van der Waals surface area contributed by atoms with Crippen molar-refractivity contribution in [3.63, 3.8) is 0 Å². The van der Waals surface area contributed by atoms with Gasteiger partial charge in [0.05, 0.1) is 0 Å². The molecule has 11 heavy (non-hydrogen) atoms. The summed E-state index contributed by atoms with van der Waals surface area (Å²) in [7, 11) is 0. The Morgan fingerprint density at radius 2 is 1.55 bits per heavy atom. The molecule has 0 bridgehead atoms. The van der Waals surface area contributed by atoms with Crippen molar-refractivity contribution in [2.75, 3.05) is 0 Å². The Kier molecular flexibility index (Phi) is 2.08. The van der Waals surface area contributed by atoms with Crippen LogP contribution in [0.4, 0.5) is 0 Å². The average molecular weight is 147 g/mol. The van der Waals surface area contributed by atoms with Crippen molar-refractivity contribution in [1.29, 1.82) is 5.41 Å². The van der Waals surface area contributed by atoms with Gasteiger partial charge in [-0.2, -0.15) is 0 Å². The molecule has 1 rings (SSSR count). The number of hydrogen-bond acceptors (Lipinski definition) is 1. The van der Waals surface area contributed by atoms with Gasteiger partial charge in [0.25, 0.3) is 0 Å². The fraction of sp³-hybridized carbons (Fsp3) is 0.300. The predicted octanol–water partition coefficient (Wildman–Crippen LogP) is 2.61. The van der Waals surface area contributed by atoms with Gasteiger partial charge in [-0.3, -0.25) is 0 Å². The summed E-state index contributed by atoms with van der Waals surface area (Å²) in [5.74, 6) is 0. The minimum atomic E-state index is 1.05. The number of rotatable bonds is 1. The highest BCUT2D eigenvalue weighted by atomic mass is 14.3. The van der Waals surface area contributed by atoms with Crippen molar-refractivity contribution in [2.24, 2.45) is 0 Å². The van der Waals surface area contributed by atoms with Gasteiger partial charge in [-0.05, 0) is 37.5 Å². The zero-order chi connectivity index (χ0) is 8.43. The molecule has 0 spiro atoms. The van der Waals surface area contributed by atoms with Crippen LogP contribution in [0.5, 0.6) is 0 Å². The molecule has 1 heteroatoms. The Balaban J connectivity index is 3.36. The molecule has 1 aromatic carbocycles. The Morgan fingerprint density at radius 1 is 1.09 bits per heavy atom. The quantitative estimate of drug-likeness (QED) is 0.590. The molecule has 0 fully saturated rings. The van der Waals surface area contributed by atoms with Crippen LogP contribution >= 0.6 is 0 Å². The summed E-state index contributed by atoms with van der Waals surface area (Å²) in [6.45, 7) is 6.16. The van der Waals surface area contributed by atoms with Crippen molar-refractivity contribution < 1.29 is 0 Å². The maximum atomic E-state index is 7.17. The normalized spacial score (nSPS) is 9.73. The third-order valence-electron chi connectivity index (χ3n) is 1.88. The highest BCUT2D eigenvalue weighted by molar-refractivity contribution is 5.81. The van der Waals surface area contributed by atoms with E-state index in [-0.39, 0.29) is 0 Å². The molecule has 0 amide bonds. The fourth-order valence-electron chi connectivity index (χ4n) is 1.42. The second kappa shape index (κ2) is 2.87. The van der Waals surface area contributed by atoms with E-state index in [4.69, 9.17) is 5.41 Å². The van der Waals surface area contributed by atoms with E-state index in [1.54, 1.807) is 0 Å². The molecule has 0 radical (unpaired) electrons. The monoisotopic (exact) mass is 147 g/mol. The molecule has 0 saturated heterocycles. The molecule has 1 N–H and O–H groups in total. The van der Waals surface area contributed by atoms with Crippen molar-refractivity contribution >= 4 is 6.21 Å². The van der Waals surface area contributed by atoms with Crippen molar-refractivity contribution in [1.82, 2.24) is 0 Å². The maximum Gasteiger partial charge on any atom is 0.0255 e. The number of hydrogen-bond donors (Lipinski definition) is 1. The highest BCUT2D eigenvalue weighted by Crippen LogP contribution is 2.13. The van der Waals surface area contributed by atoms with Gasteiger partial charge >= 0.3 is 0 Å². The van der Waals surface area contributed by atoms with Gasteiger partial charge < -0.3 is 5.41 Å². The number of benzene rings is 1. The number of nitrogens with one attached hydrogen (secondary N) is 1. The van der Waals surface area contributed by atoms with Crippen molar-refractivity contribution in [3.8, 4) is 0 Å². The summed E-state index contributed by atoms with van der Waals surface area (Å²) in [6, 6.07) is 4.21. The van der Waals surface area contributed by atoms with Crippen molar-refractivity contribution in [3.05, 3.63) is 34.4 Å². The van der Waals surface area contributed by atoms with Crippen LogP contribution in [0.2, 0.25) is 0 Å². The van der Waals surface area contributed by atoms with Gasteiger partial charge in [0.2, 0.25) is 0 Å². The van der Waals surface area contributed by atoms with Crippen LogP contribution in [-0.2, 0) is 0 Å². The number of aryl methyl sites for hydroxylation is 3. The van der Waals surface area contributed by atoms with Crippen LogP contribution < -0.4 is 0 Å². The van der Waals surface area contributed by atoms with E-state index in [1.165, 1.54) is 22.9 Å². The van der Waals surface area contributed by atoms with E-state index in [2.05, 4.69) is 19.1 Å². The first kappa shape index (κ1) is 7.99. The fourth-order valence-corrected chi connectivity index (χ4v) is 1.42. The van der Waals surface area contributed by atoms with Crippen molar-refractivity contribution in [2.45, 2.75) is 20.8 Å². The molecule has 0 aliphatic heterocycles. The third kappa shape index (κ3) is 1.48. The van der Waals surface area contributed by atoms with Gasteiger partial charge in [-0.15, -0.1) is 0 Å². The topological polar surface area (TPSA) is 23.9 Å². The zero-order valence-electron chi connectivity index (χ0n) is 7.23. The van der Waals surface area contributed by atoms with Gasteiger partial charge in [-0.1, -0.05) is 17.7 Å². The lowest BCUT2D eigenvalue weighted by molar-refractivity contribution is 1.30. The van der Waals surface area contributed by atoms with Crippen LogP contribution in [-0.4, -0.2) is 6.21 Å². The SMILES string of the molecule is Cc1cc(C)c(C=N)c(C)c1. The molecule has 58 valence electrons. The van der Waals surface area contributed by atoms with E-state index in [1.807, 2.05) is 13.8 Å². The van der Waals surface area contributed by atoms with E-state index in [0.717, 1.165) is 5.56 Å². The summed E-state index contributed by atoms with van der Waals surface area (Å²) in [4.78, 5) is 0. The Morgan fingerprint density at radius 3 is 1.91 bits per heavy atom. The summed E-state index contributed by atoms with van der Waals surface area (Å²) < 4.78 is 0. The molecule has 1 aromatic rings. The van der Waals surface area contributed by atoms with Crippen LogP contribution in [0.15, 0.2) is 12.1 Å². The summed E-state index contributed by atoms with van der Waals surface area (Å²) in [6.07, 6.45) is 1.42. The molecule has 0 unspecified atom stereocenters. The lowest BCUT2D eigenvalue weighted by atomic mass is 10.0. The lowest BCUT2D eigenvalue weighted by Crippen LogP contribution is -1.91. The van der Waals surface area contributed by atoms with E-state index in [9.17, 15) is 0 Å². The molecule has 0 aromatic heterocycles. The predicted molar refractivity (Wildman–Crippen MR) is 48.5 cm³/mol. The maximum absolute atomic E-state index is 7.17. The summed E-state index contributed by atoms with van der Waals surface area (Å²) in [5.41, 5.74) is 4.70. The molecule has 0 atom stereocenters. The molecular formula is C10H13N. The smallest absolute Gasteiger partial charge is 0.0255 e. The van der Waals surface area contributed by atoms with Crippen LogP contribution in [0.25, 0.3) is 0 Å². The largest absolute Gasteiger partial charge is 0.308 e. The standard InChI is InChI=1S/C10H13N/c1-7-4-8(2)10(6-11)9(3)5-7/h4-6,11H,1-3H3. The van der Waals surface area contributed by atoms with Crippen LogP contribution in [0.1, 0.15) is 22.3 Å². The van der Waals surface area contributed by atoms with Gasteiger partial charge in [0, 0.05) is 6.21 Å². The zero-order valence-corrected chi connectivity index (χ0v) is 7.23. The third-order valence-corrected chi connectivity index (χ3v) is 1.88. The summed E-state index contributed by atoms with van der Waals surface area (Å²) >= 11 is 0. The Bertz CT molecular complexity index is 264. The lowest BCUT2D eigenvalue weighted by Gasteiger charge is -2.04. The molecular weight excluding hydrogens is 134 g/mol. The molecule has 0 aliphatic rings. The first-order valence-electron chi connectivity index (χ1n) is 3.73. The van der Waals surface area contributed by atoms with Gasteiger partial charge in [0.1, 0.15) is 0 Å². The van der Waals surface area contributed by atoms with E-state index < -0.39 is 0 Å². The van der Waals surface area contributed by atoms with Crippen LogP contribution in [0, 0.1) is 26.2 Å². The minimum absolute atomic E-state index is 1.05. The molecule has 0 aliphatic carbocycles. The Hall–Kier alpha value is -1.11.